The maximum absolute atomic E-state index is 12.7. The lowest BCUT2D eigenvalue weighted by Crippen LogP contribution is -2.51. The third-order valence-electron chi connectivity index (χ3n) is 9.93. The maximum Gasteiger partial charge on any atom is 0.335 e. The molecule has 4 amide bonds. The van der Waals surface area contributed by atoms with Crippen LogP contribution in [0.4, 0.5) is 0 Å². The summed E-state index contributed by atoms with van der Waals surface area (Å²) in [7, 11) is 0. The average molecular weight is 792 g/mol. The fourth-order valence-corrected chi connectivity index (χ4v) is 6.71. The fourth-order valence-electron chi connectivity index (χ4n) is 6.71. The van der Waals surface area contributed by atoms with Gasteiger partial charge in [-0.15, -0.1) is 5.06 Å². The Labute approximate surface area is 327 Å². The van der Waals surface area contributed by atoms with Gasteiger partial charge in [-0.2, -0.15) is 0 Å². The number of hydroxylamine groups is 2. The van der Waals surface area contributed by atoms with Crippen LogP contribution in [0.1, 0.15) is 79.6 Å². The number of epoxide rings is 1. The number of esters is 1. The number of carbonyl (C=O) groups excluding carboxylic acids is 6. The predicted octanol–water partition coefficient (Wildman–Crippen LogP) is 1.51. The quantitative estimate of drug-likeness (QED) is 0.0398. The van der Waals surface area contributed by atoms with E-state index in [0.29, 0.717) is 24.5 Å². The number of carbonyl (C=O) groups is 6. The van der Waals surface area contributed by atoms with Crippen molar-refractivity contribution in [2.45, 2.75) is 128 Å². The highest BCUT2D eigenvalue weighted by molar-refractivity contribution is 6.01. The van der Waals surface area contributed by atoms with Crippen LogP contribution in [0.25, 0.3) is 0 Å². The first-order valence-electron chi connectivity index (χ1n) is 19.3. The molecule has 0 bridgehead atoms. The molecule has 17 heteroatoms. The summed E-state index contributed by atoms with van der Waals surface area (Å²) in [5.74, 6) is -2.56. The van der Waals surface area contributed by atoms with E-state index in [4.69, 9.17) is 33.3 Å². The summed E-state index contributed by atoms with van der Waals surface area (Å²) in [5, 5.41) is 17.3. The van der Waals surface area contributed by atoms with Gasteiger partial charge in [0.05, 0.1) is 70.2 Å². The van der Waals surface area contributed by atoms with Crippen molar-refractivity contribution in [3.8, 4) is 0 Å². The number of allylic oxidation sites excluding steroid dienone is 2. The molecule has 4 heterocycles. The third kappa shape index (κ3) is 14.2. The summed E-state index contributed by atoms with van der Waals surface area (Å²) in [6.45, 7) is 10.3. The van der Waals surface area contributed by atoms with Gasteiger partial charge < -0.3 is 49.0 Å². The van der Waals surface area contributed by atoms with Gasteiger partial charge in [0.1, 0.15) is 23.9 Å². The molecule has 4 saturated heterocycles. The van der Waals surface area contributed by atoms with Gasteiger partial charge in [-0.25, -0.2) is 4.79 Å². The molecular formula is C39H57N3O14. The van der Waals surface area contributed by atoms with Crippen LogP contribution in [0.2, 0.25) is 0 Å². The van der Waals surface area contributed by atoms with Crippen LogP contribution in [0.3, 0.4) is 0 Å². The molecule has 1 spiro atoms. The molecule has 0 radical (unpaired) electrons. The molecule has 3 N–H and O–H groups in total. The van der Waals surface area contributed by atoms with E-state index < -0.39 is 53.8 Å². The molecule has 312 valence electrons. The van der Waals surface area contributed by atoms with E-state index in [1.54, 1.807) is 13.0 Å². The highest BCUT2D eigenvalue weighted by atomic mass is 16.7. The van der Waals surface area contributed by atoms with Crippen LogP contribution in [-0.2, 0) is 62.0 Å². The lowest BCUT2D eigenvalue weighted by molar-refractivity contribution is -0.198. The van der Waals surface area contributed by atoms with Crippen molar-refractivity contribution in [1.82, 2.24) is 15.7 Å². The number of amides is 4. The number of ether oxygens (including phenoxy) is 6. The van der Waals surface area contributed by atoms with Gasteiger partial charge in [0.2, 0.25) is 11.8 Å². The van der Waals surface area contributed by atoms with Crippen molar-refractivity contribution in [3.05, 3.63) is 36.0 Å². The first kappa shape index (κ1) is 44.7. The van der Waals surface area contributed by atoms with E-state index in [9.17, 15) is 33.9 Å². The zero-order valence-electron chi connectivity index (χ0n) is 32.9. The van der Waals surface area contributed by atoms with Gasteiger partial charge in [-0.1, -0.05) is 30.7 Å². The van der Waals surface area contributed by atoms with Gasteiger partial charge in [-0.3, -0.25) is 24.0 Å². The molecule has 0 aliphatic carbocycles. The monoisotopic (exact) mass is 791 g/mol. The van der Waals surface area contributed by atoms with Gasteiger partial charge >= 0.3 is 11.9 Å². The van der Waals surface area contributed by atoms with E-state index in [1.807, 2.05) is 19.9 Å². The zero-order valence-corrected chi connectivity index (χ0v) is 32.9. The zero-order chi connectivity index (χ0) is 40.8. The molecule has 4 aliphatic heterocycles. The van der Waals surface area contributed by atoms with Gasteiger partial charge in [0.15, 0.2) is 0 Å². The molecule has 0 saturated carbocycles. The molecule has 4 fully saturated rings. The highest BCUT2D eigenvalue weighted by Gasteiger charge is 2.58. The van der Waals surface area contributed by atoms with Crippen molar-refractivity contribution in [2.75, 3.05) is 39.6 Å². The van der Waals surface area contributed by atoms with Gasteiger partial charge in [-0.05, 0) is 45.6 Å². The van der Waals surface area contributed by atoms with Crippen LogP contribution < -0.4 is 10.6 Å². The molecule has 4 rings (SSSR count). The number of aliphatic hydroxyl groups is 1. The van der Waals surface area contributed by atoms with Crippen molar-refractivity contribution in [2.24, 2.45) is 5.92 Å². The Morgan fingerprint density at radius 2 is 1.71 bits per heavy atom. The normalized spacial score (nSPS) is 29.9. The van der Waals surface area contributed by atoms with Gasteiger partial charge in [0, 0.05) is 38.8 Å². The van der Waals surface area contributed by atoms with Gasteiger partial charge in [0.25, 0.3) is 11.8 Å². The Kier molecular flexibility index (Phi) is 17.2. The second-order valence-corrected chi connectivity index (χ2v) is 14.7. The van der Waals surface area contributed by atoms with E-state index in [-0.39, 0.29) is 94.6 Å². The number of hydrogen-bond donors (Lipinski definition) is 3. The summed E-state index contributed by atoms with van der Waals surface area (Å²) < 4.78 is 33.9. The van der Waals surface area contributed by atoms with Crippen LogP contribution >= 0.6 is 0 Å². The third-order valence-corrected chi connectivity index (χ3v) is 9.93. The largest absolute Gasteiger partial charge is 0.459 e. The summed E-state index contributed by atoms with van der Waals surface area (Å²) in [4.78, 5) is 75.8. The number of aliphatic hydroxyl groups excluding tert-OH is 1. The molecule has 0 unspecified atom stereocenters. The van der Waals surface area contributed by atoms with Crippen molar-refractivity contribution in [1.29, 1.82) is 0 Å². The van der Waals surface area contributed by atoms with Crippen LogP contribution in [0.5, 0.6) is 0 Å². The van der Waals surface area contributed by atoms with Crippen molar-refractivity contribution in [3.63, 3.8) is 0 Å². The van der Waals surface area contributed by atoms with Crippen LogP contribution in [0.15, 0.2) is 36.0 Å². The Bertz CT molecular complexity index is 1480. The SMILES string of the molecule is CC(=O)O[C@@H](C)/C=C\C(=O)N[C@@H]1C[C@H](C)[C@H](C/C=C(C)/C=C/[C@H]2O[C@H](CC(=O)NCCOCCOCCC(=O)ON3C(=O)CCC3=O)C[C@@]3(CO3)[C@@H]2O)O[C@@H]1C. The maximum atomic E-state index is 12.7. The van der Waals surface area contributed by atoms with E-state index >= 15 is 0 Å². The van der Waals surface area contributed by atoms with Crippen LogP contribution in [-0.4, -0.2) is 134 Å². The average Bonchev–Trinajstić information content (AvgIpc) is 3.84. The molecule has 4 aliphatic rings. The van der Waals surface area contributed by atoms with Crippen molar-refractivity contribution < 1.29 is 67.1 Å². The number of imide groups is 1. The smallest absolute Gasteiger partial charge is 0.335 e. The lowest BCUT2D eigenvalue weighted by atomic mass is 9.87. The number of nitrogens with one attached hydrogen (secondary N) is 2. The number of nitrogens with zero attached hydrogens (tertiary/aromatic N) is 1. The molecule has 17 nitrogen and oxygen atoms in total. The molecule has 0 aromatic heterocycles. The lowest BCUT2D eigenvalue weighted by Gasteiger charge is -2.39. The minimum atomic E-state index is -0.875. The first-order chi connectivity index (χ1) is 26.7. The van der Waals surface area contributed by atoms with Crippen molar-refractivity contribution >= 4 is 35.6 Å². The second kappa shape index (κ2) is 21.5. The number of rotatable bonds is 20. The summed E-state index contributed by atoms with van der Waals surface area (Å²) >= 11 is 0. The van der Waals surface area contributed by atoms with E-state index in [0.717, 1.165) is 12.0 Å². The van der Waals surface area contributed by atoms with E-state index in [2.05, 4.69) is 23.6 Å². The summed E-state index contributed by atoms with van der Waals surface area (Å²) in [6.07, 6.45) is 7.73. The molecule has 0 aromatic rings. The van der Waals surface area contributed by atoms with E-state index in [1.165, 1.54) is 19.1 Å². The Morgan fingerprint density at radius 1 is 1.02 bits per heavy atom. The molecule has 9 atom stereocenters. The Balaban J connectivity index is 1.11. The highest BCUT2D eigenvalue weighted by Crippen LogP contribution is 2.43. The van der Waals surface area contributed by atoms with Crippen LogP contribution in [0, 0.1) is 5.92 Å². The summed E-state index contributed by atoms with van der Waals surface area (Å²) in [5.41, 5.74) is 0.223. The Morgan fingerprint density at radius 3 is 2.39 bits per heavy atom. The second-order valence-electron chi connectivity index (χ2n) is 14.7. The topological polar surface area (TPSA) is 218 Å². The molecule has 0 aromatic carbocycles. The molecular weight excluding hydrogens is 734 g/mol. The number of hydrogen-bond acceptors (Lipinski definition) is 14. The summed E-state index contributed by atoms with van der Waals surface area (Å²) in [6, 6.07) is -0.160. The standard InChI is InChI=1S/C39H57N3O14/c1-24(6-9-31-25(2)20-30(27(4)54-31)41-33(44)11-8-26(3)53-28(5)43)7-10-32-38(49)39(23-52-39)22-29(55-32)21-34(45)40-15-17-51-19-18-50-16-14-37(48)56-42-35(46)12-13-36(42)47/h6-8,10-11,25-27,29-32,38,49H,9,12-23H2,1-5H3,(H,40,45)(H,41,44)/b10-7+,11-8-,24-6+/t25-,26-,27+,29+,30+,31-,32+,38+,39+/m0/s1. The fraction of sp³-hybridized carbons (Fsp3) is 0.692. The minimum Gasteiger partial charge on any atom is -0.459 e. The molecule has 56 heavy (non-hydrogen) atoms. The Hall–Kier alpha value is -4.00. The minimum absolute atomic E-state index is 0.0278. The first-order valence-corrected chi connectivity index (χ1v) is 19.3. The predicted molar refractivity (Wildman–Crippen MR) is 197 cm³/mol.